The first-order valence-corrected chi connectivity index (χ1v) is 15.9. The number of nitrogens with zero attached hydrogens (tertiary/aromatic N) is 2. The summed E-state index contributed by atoms with van der Waals surface area (Å²) in [6.45, 7) is 0. The second-order valence-electron chi connectivity index (χ2n) is 11.7. The van der Waals surface area contributed by atoms with E-state index < -0.39 is 0 Å². The molecule has 0 aliphatic heterocycles. The minimum absolute atomic E-state index is 0.0790. The highest BCUT2D eigenvalue weighted by molar-refractivity contribution is 6.15. The normalized spacial score (nSPS) is 11.4. The molecule has 0 spiro atoms. The fourth-order valence-corrected chi connectivity index (χ4v) is 6.62. The zero-order valence-electron chi connectivity index (χ0n) is 25.8. The number of anilines is 6. The summed E-state index contributed by atoms with van der Waals surface area (Å²) in [6, 6.07) is 56.8. The Morgan fingerprint density at radius 2 is 0.833 bits per heavy atom. The number of hydrogen-bond acceptors (Lipinski definition) is 5. The molecule has 0 aliphatic rings. The molecule has 228 valence electrons. The maximum atomic E-state index is 13.6. The first kappa shape index (κ1) is 27.7. The van der Waals surface area contributed by atoms with Gasteiger partial charge < -0.3 is 18.6 Å². The van der Waals surface area contributed by atoms with E-state index in [2.05, 4.69) is 94.7 Å². The van der Waals surface area contributed by atoms with Gasteiger partial charge in [-0.15, -0.1) is 0 Å². The minimum Gasteiger partial charge on any atom is -0.456 e. The van der Waals surface area contributed by atoms with Crippen molar-refractivity contribution in [2.45, 2.75) is 0 Å². The van der Waals surface area contributed by atoms with Crippen molar-refractivity contribution in [2.24, 2.45) is 0 Å². The highest BCUT2D eigenvalue weighted by Gasteiger charge is 2.24. The molecule has 0 atom stereocenters. The maximum absolute atomic E-state index is 13.6. The quantitative estimate of drug-likeness (QED) is 0.173. The molecular weight excluding hydrogens is 592 g/mol. The number of rotatable bonds is 6. The Morgan fingerprint density at radius 1 is 0.354 bits per heavy atom. The largest absolute Gasteiger partial charge is 0.456 e. The summed E-state index contributed by atoms with van der Waals surface area (Å²) in [5, 5.41) is 2.80. The fourth-order valence-electron chi connectivity index (χ4n) is 6.62. The van der Waals surface area contributed by atoms with Crippen LogP contribution in [0.15, 0.2) is 183 Å². The Bertz CT molecular complexity index is 2550. The molecule has 0 aliphatic carbocycles. The predicted octanol–water partition coefficient (Wildman–Crippen LogP) is 11.8. The molecule has 0 radical (unpaired) electrons. The van der Waals surface area contributed by atoms with Gasteiger partial charge in [-0.25, -0.2) is 0 Å². The number of benzene rings is 7. The van der Waals surface area contributed by atoms with Crippen molar-refractivity contribution >= 4 is 78.0 Å². The van der Waals surface area contributed by atoms with Crippen LogP contribution in [0.3, 0.4) is 0 Å². The zero-order valence-corrected chi connectivity index (χ0v) is 25.8. The van der Waals surface area contributed by atoms with Crippen LogP contribution >= 0.6 is 0 Å². The third-order valence-corrected chi connectivity index (χ3v) is 8.79. The number of para-hydroxylation sites is 5. The second kappa shape index (κ2) is 11.3. The second-order valence-corrected chi connectivity index (χ2v) is 11.7. The van der Waals surface area contributed by atoms with E-state index in [0.29, 0.717) is 33.1 Å². The van der Waals surface area contributed by atoms with E-state index in [9.17, 15) is 4.79 Å². The fraction of sp³-hybridized carbons (Fsp3) is 0. The monoisotopic (exact) mass is 620 g/mol. The number of hydrogen-bond donors (Lipinski definition) is 0. The summed E-state index contributed by atoms with van der Waals surface area (Å²) in [7, 11) is 0. The molecule has 5 nitrogen and oxygen atoms in total. The van der Waals surface area contributed by atoms with Crippen molar-refractivity contribution in [1.82, 2.24) is 0 Å². The van der Waals surface area contributed by atoms with Crippen molar-refractivity contribution in [2.75, 3.05) is 9.80 Å². The highest BCUT2D eigenvalue weighted by Crippen LogP contribution is 2.47. The van der Waals surface area contributed by atoms with Gasteiger partial charge >= 0.3 is 0 Å². The van der Waals surface area contributed by atoms with Crippen LogP contribution < -0.4 is 15.2 Å². The third kappa shape index (κ3) is 4.60. The topological polar surface area (TPSA) is 49.8 Å². The van der Waals surface area contributed by atoms with Crippen LogP contribution in [0.2, 0.25) is 0 Å². The van der Waals surface area contributed by atoms with Gasteiger partial charge in [-0.2, -0.15) is 0 Å². The molecule has 9 rings (SSSR count). The van der Waals surface area contributed by atoms with Gasteiger partial charge in [0.2, 0.25) is 5.43 Å². The van der Waals surface area contributed by atoms with Crippen molar-refractivity contribution < 1.29 is 8.83 Å². The Hall–Kier alpha value is -6.59. The third-order valence-electron chi connectivity index (χ3n) is 8.79. The smallest absolute Gasteiger partial charge is 0.200 e. The molecule has 0 unspecified atom stereocenters. The first-order chi connectivity index (χ1) is 23.7. The van der Waals surface area contributed by atoms with Crippen LogP contribution in [0, 0.1) is 0 Å². The standard InChI is InChI=1S/C43H28N2O3/c46-42-34-23-13-14-24-39(34)47-41-27-35-36-25-33(44(29-15-5-1-6-16-29)30-17-7-2-8-18-30)26-38(43(36)48-40(35)28-37(41)42)45(31-19-9-3-10-20-31)32-21-11-4-12-22-32/h1-28H. The van der Waals surface area contributed by atoms with Crippen molar-refractivity contribution in [3.05, 3.63) is 180 Å². The van der Waals surface area contributed by atoms with E-state index in [4.69, 9.17) is 8.83 Å². The average molecular weight is 621 g/mol. The average Bonchev–Trinajstić information content (AvgIpc) is 3.51. The van der Waals surface area contributed by atoms with E-state index in [1.807, 2.05) is 78.9 Å². The molecule has 48 heavy (non-hydrogen) atoms. The summed E-state index contributed by atoms with van der Waals surface area (Å²) in [5.74, 6) is 0. The molecular formula is C43H28N2O3. The Balaban J connectivity index is 1.41. The molecule has 5 heteroatoms. The van der Waals surface area contributed by atoms with Crippen LogP contribution in [-0.2, 0) is 0 Å². The Morgan fingerprint density at radius 3 is 1.42 bits per heavy atom. The van der Waals surface area contributed by atoms with E-state index in [1.54, 1.807) is 6.07 Å². The predicted molar refractivity (Wildman–Crippen MR) is 197 cm³/mol. The van der Waals surface area contributed by atoms with E-state index in [1.165, 1.54) is 0 Å². The highest BCUT2D eigenvalue weighted by atomic mass is 16.3. The SMILES string of the molecule is O=c1c2ccccc2oc2cc3c(cc12)oc1c(N(c2ccccc2)c2ccccc2)cc(N(c2ccccc2)c2ccccc2)cc13. The van der Waals surface area contributed by atoms with Gasteiger partial charge in [-0.3, -0.25) is 4.79 Å². The number of fused-ring (bicyclic) bond motifs is 5. The lowest BCUT2D eigenvalue weighted by atomic mass is 10.1. The molecule has 9 aromatic rings. The summed E-state index contributed by atoms with van der Waals surface area (Å²) in [4.78, 5) is 18.1. The van der Waals surface area contributed by atoms with Gasteiger partial charge in [0.1, 0.15) is 16.7 Å². The van der Waals surface area contributed by atoms with E-state index in [-0.39, 0.29) is 5.43 Å². The zero-order chi connectivity index (χ0) is 32.0. The first-order valence-electron chi connectivity index (χ1n) is 15.9. The van der Waals surface area contributed by atoms with Crippen molar-refractivity contribution in [3.63, 3.8) is 0 Å². The van der Waals surface area contributed by atoms with Crippen LogP contribution in [0.5, 0.6) is 0 Å². The van der Waals surface area contributed by atoms with Gasteiger partial charge in [-0.1, -0.05) is 84.9 Å². The Kier molecular flexibility index (Phi) is 6.54. The lowest BCUT2D eigenvalue weighted by molar-refractivity contribution is 0.657. The van der Waals surface area contributed by atoms with Gasteiger partial charge in [-0.05, 0) is 84.9 Å². The van der Waals surface area contributed by atoms with Crippen LogP contribution in [0.25, 0.3) is 43.9 Å². The molecule has 2 aromatic heterocycles. The lowest BCUT2D eigenvalue weighted by Gasteiger charge is -2.29. The summed E-state index contributed by atoms with van der Waals surface area (Å²) >= 11 is 0. The van der Waals surface area contributed by atoms with Gasteiger partial charge in [0, 0.05) is 39.2 Å². The van der Waals surface area contributed by atoms with E-state index >= 15 is 0 Å². The maximum Gasteiger partial charge on any atom is 0.200 e. The van der Waals surface area contributed by atoms with Gasteiger partial charge in [0.05, 0.1) is 16.5 Å². The minimum atomic E-state index is -0.0790. The molecule has 0 fully saturated rings. The summed E-state index contributed by atoms with van der Waals surface area (Å²) < 4.78 is 13.1. The molecule has 0 saturated carbocycles. The molecule has 0 saturated heterocycles. The van der Waals surface area contributed by atoms with Crippen molar-refractivity contribution in [1.29, 1.82) is 0 Å². The van der Waals surface area contributed by atoms with E-state index in [0.717, 1.165) is 44.9 Å². The van der Waals surface area contributed by atoms with Crippen LogP contribution in [0.1, 0.15) is 0 Å². The van der Waals surface area contributed by atoms with Crippen LogP contribution in [0.4, 0.5) is 34.1 Å². The lowest BCUT2D eigenvalue weighted by Crippen LogP contribution is -2.13. The molecule has 0 bridgehead atoms. The number of furan rings is 1. The Labute approximate surface area is 276 Å². The molecule has 0 amide bonds. The van der Waals surface area contributed by atoms with Crippen LogP contribution in [-0.4, -0.2) is 0 Å². The van der Waals surface area contributed by atoms with Gasteiger partial charge in [0.25, 0.3) is 0 Å². The van der Waals surface area contributed by atoms with Gasteiger partial charge in [0.15, 0.2) is 5.58 Å². The molecule has 7 aromatic carbocycles. The van der Waals surface area contributed by atoms with Crippen molar-refractivity contribution in [3.8, 4) is 0 Å². The summed E-state index contributed by atoms with van der Waals surface area (Å²) in [6.07, 6.45) is 0. The molecule has 2 heterocycles. The summed E-state index contributed by atoms with van der Waals surface area (Å²) in [5.41, 5.74) is 8.16. The molecule has 0 N–H and O–H groups in total.